The Labute approximate surface area is 97.2 Å². The molecular weight excluding hydrogens is 216 g/mol. The highest BCUT2D eigenvalue weighted by Crippen LogP contribution is 2.23. The highest BCUT2D eigenvalue weighted by Gasteiger charge is 2.10. The number of rotatable bonds is 2. The summed E-state index contributed by atoms with van der Waals surface area (Å²) in [5.41, 5.74) is 3.64. The number of fused-ring (bicyclic) bond motifs is 1. The van der Waals surface area contributed by atoms with E-state index in [4.69, 9.17) is 0 Å². The van der Waals surface area contributed by atoms with E-state index in [1.807, 2.05) is 24.3 Å². The minimum absolute atomic E-state index is 0.130. The van der Waals surface area contributed by atoms with Crippen LogP contribution in [-0.4, -0.2) is 25.0 Å². The van der Waals surface area contributed by atoms with E-state index in [0.29, 0.717) is 11.3 Å². The van der Waals surface area contributed by atoms with Crippen molar-refractivity contribution in [1.29, 1.82) is 0 Å². The van der Waals surface area contributed by atoms with Gasteiger partial charge in [-0.3, -0.25) is 4.98 Å². The van der Waals surface area contributed by atoms with Gasteiger partial charge in [-0.1, -0.05) is 6.07 Å². The number of nitrogens with one attached hydrogen (secondary N) is 1. The molecule has 0 amide bonds. The van der Waals surface area contributed by atoms with E-state index >= 15 is 0 Å². The second-order valence-corrected chi connectivity index (χ2v) is 3.63. The lowest BCUT2D eigenvalue weighted by molar-refractivity contribution is 0.278. The van der Waals surface area contributed by atoms with Crippen molar-refractivity contribution in [3.63, 3.8) is 0 Å². The van der Waals surface area contributed by atoms with Crippen LogP contribution < -0.4 is 0 Å². The molecule has 3 rings (SSSR count). The van der Waals surface area contributed by atoms with E-state index in [0.717, 1.165) is 16.8 Å². The molecule has 0 atom stereocenters. The van der Waals surface area contributed by atoms with Crippen molar-refractivity contribution in [2.24, 2.45) is 0 Å². The van der Waals surface area contributed by atoms with Crippen LogP contribution in [0.4, 0.5) is 0 Å². The first-order valence-corrected chi connectivity index (χ1v) is 5.24. The van der Waals surface area contributed by atoms with Gasteiger partial charge in [-0.25, -0.2) is 9.97 Å². The first kappa shape index (κ1) is 9.92. The Morgan fingerprint density at radius 1 is 1.24 bits per heavy atom. The van der Waals surface area contributed by atoms with Gasteiger partial charge in [0.25, 0.3) is 0 Å². The molecule has 0 fully saturated rings. The minimum Gasteiger partial charge on any atom is -0.390 e. The van der Waals surface area contributed by atoms with E-state index in [-0.39, 0.29) is 6.61 Å². The summed E-state index contributed by atoms with van der Waals surface area (Å²) >= 11 is 0. The highest BCUT2D eigenvalue weighted by atomic mass is 16.3. The maximum Gasteiger partial charge on any atom is 0.177 e. The first-order chi connectivity index (χ1) is 8.38. The van der Waals surface area contributed by atoms with E-state index in [9.17, 15) is 5.11 Å². The third-order valence-electron chi connectivity index (χ3n) is 2.58. The summed E-state index contributed by atoms with van der Waals surface area (Å²) in [6, 6.07) is 7.55. The molecule has 0 spiro atoms. The molecule has 3 aromatic heterocycles. The fourth-order valence-electron chi connectivity index (χ4n) is 1.77. The zero-order valence-corrected chi connectivity index (χ0v) is 8.96. The second kappa shape index (κ2) is 3.95. The predicted octanol–water partition coefficient (Wildman–Crippen LogP) is 1.51. The lowest BCUT2D eigenvalue weighted by Gasteiger charge is -2.05. The number of nitrogens with zero attached hydrogens (tertiary/aromatic N) is 3. The van der Waals surface area contributed by atoms with Gasteiger partial charge in [-0.2, -0.15) is 0 Å². The van der Waals surface area contributed by atoms with Crippen molar-refractivity contribution >= 4 is 11.2 Å². The zero-order valence-electron chi connectivity index (χ0n) is 8.96. The van der Waals surface area contributed by atoms with Gasteiger partial charge in [0.15, 0.2) is 5.65 Å². The quantitative estimate of drug-likeness (QED) is 0.694. The van der Waals surface area contributed by atoms with Crippen molar-refractivity contribution in [1.82, 2.24) is 19.9 Å². The van der Waals surface area contributed by atoms with Crippen LogP contribution in [-0.2, 0) is 6.61 Å². The van der Waals surface area contributed by atoms with Crippen LogP contribution in [0, 0.1) is 0 Å². The Kier molecular flexibility index (Phi) is 2.31. The van der Waals surface area contributed by atoms with Crippen molar-refractivity contribution in [3.05, 3.63) is 42.5 Å². The molecule has 5 nitrogen and oxygen atoms in total. The maximum absolute atomic E-state index is 9.35. The first-order valence-electron chi connectivity index (χ1n) is 5.24. The molecule has 0 aliphatic carbocycles. The molecule has 3 aromatic rings. The van der Waals surface area contributed by atoms with Crippen molar-refractivity contribution in [3.8, 4) is 11.3 Å². The molecule has 0 aromatic carbocycles. The highest BCUT2D eigenvalue weighted by molar-refractivity contribution is 5.78. The van der Waals surface area contributed by atoms with Crippen LogP contribution in [0.2, 0.25) is 0 Å². The van der Waals surface area contributed by atoms with Gasteiger partial charge < -0.3 is 10.1 Å². The lowest BCUT2D eigenvalue weighted by atomic mass is 10.1. The number of imidazole rings is 1. The fraction of sp³-hybridized carbons (Fsp3) is 0.0833. The minimum atomic E-state index is -0.130. The van der Waals surface area contributed by atoms with Gasteiger partial charge in [0.05, 0.1) is 29.8 Å². The van der Waals surface area contributed by atoms with Gasteiger partial charge in [0.1, 0.15) is 0 Å². The van der Waals surface area contributed by atoms with Crippen molar-refractivity contribution < 1.29 is 5.11 Å². The van der Waals surface area contributed by atoms with Gasteiger partial charge >= 0.3 is 0 Å². The Bertz CT molecular complexity index is 648. The Morgan fingerprint density at radius 3 is 2.94 bits per heavy atom. The molecule has 0 unspecified atom stereocenters. The molecule has 0 aliphatic rings. The van der Waals surface area contributed by atoms with Gasteiger partial charge in [-0.05, 0) is 18.2 Å². The molecule has 3 heterocycles. The molecule has 0 saturated carbocycles. The monoisotopic (exact) mass is 226 g/mol. The van der Waals surface area contributed by atoms with Crippen LogP contribution in [0.15, 0.2) is 36.8 Å². The van der Waals surface area contributed by atoms with E-state index < -0.39 is 0 Å². The summed E-state index contributed by atoms with van der Waals surface area (Å²) in [6.07, 6.45) is 3.30. The Morgan fingerprint density at radius 2 is 2.18 bits per heavy atom. The number of hydrogen-bond donors (Lipinski definition) is 2. The number of aromatic nitrogens is 4. The van der Waals surface area contributed by atoms with E-state index in [1.54, 1.807) is 12.5 Å². The van der Waals surface area contributed by atoms with Gasteiger partial charge in [-0.15, -0.1) is 0 Å². The summed E-state index contributed by atoms with van der Waals surface area (Å²) < 4.78 is 0. The summed E-state index contributed by atoms with van der Waals surface area (Å²) in [7, 11) is 0. The Hall–Kier alpha value is -2.27. The SMILES string of the molecule is OCc1nc2nc[nH]c2cc1-c1ccccn1. The molecule has 0 bridgehead atoms. The third kappa shape index (κ3) is 1.66. The number of pyridine rings is 2. The molecule has 84 valence electrons. The molecule has 17 heavy (non-hydrogen) atoms. The van der Waals surface area contributed by atoms with Crippen molar-refractivity contribution in [2.45, 2.75) is 6.61 Å². The van der Waals surface area contributed by atoms with Gasteiger partial charge in [0, 0.05) is 11.8 Å². The summed E-state index contributed by atoms with van der Waals surface area (Å²) in [4.78, 5) is 15.6. The number of aliphatic hydroxyl groups excluding tert-OH is 1. The van der Waals surface area contributed by atoms with Crippen LogP contribution in [0.3, 0.4) is 0 Å². The number of aromatic amines is 1. The molecular formula is C12H10N4O. The van der Waals surface area contributed by atoms with Crippen LogP contribution in [0.25, 0.3) is 22.4 Å². The van der Waals surface area contributed by atoms with Gasteiger partial charge in [0.2, 0.25) is 0 Å². The molecule has 0 radical (unpaired) electrons. The van der Waals surface area contributed by atoms with Crippen LogP contribution in [0.1, 0.15) is 5.69 Å². The maximum atomic E-state index is 9.35. The largest absolute Gasteiger partial charge is 0.390 e. The topological polar surface area (TPSA) is 74.7 Å². The average Bonchev–Trinajstić information content (AvgIpc) is 2.85. The summed E-state index contributed by atoms with van der Waals surface area (Å²) in [6.45, 7) is -0.130. The number of hydrogen-bond acceptors (Lipinski definition) is 4. The zero-order chi connectivity index (χ0) is 11.7. The average molecular weight is 226 g/mol. The standard InChI is InChI=1S/C12H10N4O/c17-6-11-8(9-3-1-2-4-13-9)5-10-12(16-11)15-7-14-10/h1-5,7,17H,6H2,(H,14,15,16). The number of aliphatic hydroxyl groups is 1. The normalized spacial score (nSPS) is 10.9. The Balaban J connectivity index is 2.26. The third-order valence-corrected chi connectivity index (χ3v) is 2.58. The van der Waals surface area contributed by atoms with E-state index in [1.165, 1.54) is 0 Å². The smallest absolute Gasteiger partial charge is 0.177 e. The van der Waals surface area contributed by atoms with Crippen molar-refractivity contribution in [2.75, 3.05) is 0 Å². The lowest BCUT2D eigenvalue weighted by Crippen LogP contribution is -1.96. The fourth-order valence-corrected chi connectivity index (χ4v) is 1.77. The molecule has 2 N–H and O–H groups in total. The second-order valence-electron chi connectivity index (χ2n) is 3.63. The molecule has 0 saturated heterocycles. The predicted molar refractivity (Wildman–Crippen MR) is 63.0 cm³/mol. The molecule has 0 aliphatic heterocycles. The number of H-pyrrole nitrogens is 1. The summed E-state index contributed by atoms with van der Waals surface area (Å²) in [5, 5.41) is 9.35. The molecule has 5 heteroatoms. The van der Waals surface area contributed by atoms with Crippen LogP contribution >= 0.6 is 0 Å². The van der Waals surface area contributed by atoms with Crippen LogP contribution in [0.5, 0.6) is 0 Å². The van der Waals surface area contributed by atoms with E-state index in [2.05, 4.69) is 19.9 Å². The summed E-state index contributed by atoms with van der Waals surface area (Å²) in [5.74, 6) is 0.